The van der Waals surface area contributed by atoms with Crippen LogP contribution < -0.4 is 22.2 Å². The number of primary amides is 1. The number of nitrogens with zero attached hydrogens (tertiary/aromatic N) is 3. The van der Waals surface area contributed by atoms with Crippen LogP contribution in [0.5, 0.6) is 0 Å². The van der Waals surface area contributed by atoms with Crippen molar-refractivity contribution in [3.8, 4) is 11.3 Å². The number of amides is 2. The molecule has 1 atom stereocenters. The molecule has 1 aromatic carbocycles. The van der Waals surface area contributed by atoms with Gasteiger partial charge in [0.2, 0.25) is 0 Å². The van der Waals surface area contributed by atoms with Crippen molar-refractivity contribution in [2.75, 3.05) is 17.7 Å². The standard InChI is InChI=1S/C20H21N7O2/c21-18(28)17-16(26-19(27(17)22)14-4-3-11-23-14)12-6-8-13(9-7-12)20(29)25-15-5-1-2-10-24-15/h1-2,5-10,14,23H,3-4,11,22H2,(H2,21,28)(H,24,25,29)/t14-/m0/s1. The van der Waals surface area contributed by atoms with Crippen molar-refractivity contribution in [2.45, 2.75) is 18.9 Å². The van der Waals surface area contributed by atoms with E-state index < -0.39 is 5.91 Å². The van der Waals surface area contributed by atoms with Crippen LogP contribution in [0.2, 0.25) is 0 Å². The molecular weight excluding hydrogens is 370 g/mol. The number of benzene rings is 1. The zero-order valence-corrected chi connectivity index (χ0v) is 15.6. The lowest BCUT2D eigenvalue weighted by atomic mass is 10.1. The fourth-order valence-electron chi connectivity index (χ4n) is 3.44. The van der Waals surface area contributed by atoms with Crippen LogP contribution in [0, 0.1) is 0 Å². The van der Waals surface area contributed by atoms with Crippen LogP contribution in [0.4, 0.5) is 5.82 Å². The van der Waals surface area contributed by atoms with Gasteiger partial charge in [-0.25, -0.2) is 14.6 Å². The van der Waals surface area contributed by atoms with Gasteiger partial charge in [-0.1, -0.05) is 18.2 Å². The molecule has 0 bridgehead atoms. The average Bonchev–Trinajstić information content (AvgIpc) is 3.36. The van der Waals surface area contributed by atoms with Crippen LogP contribution in [0.15, 0.2) is 48.7 Å². The van der Waals surface area contributed by atoms with Gasteiger partial charge >= 0.3 is 0 Å². The quantitative estimate of drug-likeness (QED) is 0.485. The Kier molecular flexibility index (Phi) is 4.96. The van der Waals surface area contributed by atoms with Gasteiger partial charge in [0, 0.05) is 17.3 Å². The molecule has 9 nitrogen and oxygen atoms in total. The maximum absolute atomic E-state index is 12.4. The second kappa shape index (κ2) is 7.72. The van der Waals surface area contributed by atoms with Gasteiger partial charge in [-0.2, -0.15) is 0 Å². The Balaban J connectivity index is 1.62. The Morgan fingerprint density at radius 3 is 2.59 bits per heavy atom. The molecule has 1 fully saturated rings. The fourth-order valence-corrected chi connectivity index (χ4v) is 3.44. The van der Waals surface area contributed by atoms with Gasteiger partial charge in [-0.05, 0) is 43.7 Å². The summed E-state index contributed by atoms with van der Waals surface area (Å²) < 4.78 is 1.27. The topological polar surface area (TPSA) is 141 Å². The van der Waals surface area contributed by atoms with E-state index in [1.54, 1.807) is 48.7 Å². The minimum atomic E-state index is -0.656. The number of aromatic nitrogens is 3. The molecule has 3 heterocycles. The molecule has 9 heteroatoms. The number of imidazole rings is 1. The third kappa shape index (κ3) is 3.67. The van der Waals surface area contributed by atoms with Gasteiger partial charge < -0.3 is 22.2 Å². The molecule has 1 aliphatic heterocycles. The first-order valence-electron chi connectivity index (χ1n) is 9.28. The van der Waals surface area contributed by atoms with Crippen molar-refractivity contribution in [1.82, 2.24) is 20.0 Å². The molecule has 1 saturated heterocycles. The van der Waals surface area contributed by atoms with Gasteiger partial charge in [-0.15, -0.1) is 0 Å². The Morgan fingerprint density at radius 1 is 1.17 bits per heavy atom. The van der Waals surface area contributed by atoms with Crippen LogP contribution in [0.3, 0.4) is 0 Å². The Morgan fingerprint density at radius 2 is 1.97 bits per heavy atom. The molecule has 148 valence electrons. The highest BCUT2D eigenvalue weighted by Crippen LogP contribution is 2.29. The number of nitrogens with two attached hydrogens (primary N) is 2. The molecular formula is C20H21N7O2. The smallest absolute Gasteiger partial charge is 0.269 e. The molecule has 0 saturated carbocycles. The van der Waals surface area contributed by atoms with Crippen molar-refractivity contribution in [3.05, 3.63) is 65.7 Å². The zero-order valence-electron chi connectivity index (χ0n) is 15.6. The summed E-state index contributed by atoms with van der Waals surface area (Å²) in [5, 5.41) is 6.04. The first kappa shape index (κ1) is 18.6. The third-order valence-corrected chi connectivity index (χ3v) is 4.87. The zero-order chi connectivity index (χ0) is 20.4. The number of hydrogen-bond donors (Lipinski definition) is 4. The Hall–Kier alpha value is -3.72. The summed E-state index contributed by atoms with van der Waals surface area (Å²) in [7, 11) is 0. The van der Waals surface area contributed by atoms with Crippen LogP contribution in [-0.4, -0.2) is 33.0 Å². The Labute approximate surface area is 167 Å². The van der Waals surface area contributed by atoms with Crippen LogP contribution in [0.25, 0.3) is 11.3 Å². The number of pyridine rings is 1. The van der Waals surface area contributed by atoms with E-state index in [1.165, 1.54) is 4.68 Å². The van der Waals surface area contributed by atoms with Gasteiger partial charge in [-0.3, -0.25) is 9.59 Å². The summed E-state index contributed by atoms with van der Waals surface area (Å²) in [4.78, 5) is 33.1. The highest BCUT2D eigenvalue weighted by Gasteiger charge is 2.27. The van der Waals surface area contributed by atoms with Crippen molar-refractivity contribution < 1.29 is 9.59 Å². The predicted molar refractivity (Wildman–Crippen MR) is 108 cm³/mol. The maximum Gasteiger partial charge on any atom is 0.269 e. The number of nitrogen functional groups attached to an aromatic ring is 1. The highest BCUT2D eigenvalue weighted by molar-refractivity contribution is 6.04. The first-order chi connectivity index (χ1) is 14.0. The van der Waals surface area contributed by atoms with E-state index in [0.29, 0.717) is 28.5 Å². The molecule has 0 radical (unpaired) electrons. The van der Waals surface area contributed by atoms with Crippen LogP contribution in [0.1, 0.15) is 45.6 Å². The van der Waals surface area contributed by atoms with E-state index in [-0.39, 0.29) is 17.6 Å². The average molecular weight is 391 g/mol. The molecule has 2 amide bonds. The second-order valence-electron chi connectivity index (χ2n) is 6.80. The van der Waals surface area contributed by atoms with Crippen molar-refractivity contribution >= 4 is 17.6 Å². The number of carbonyl (C=O) groups excluding carboxylic acids is 2. The van der Waals surface area contributed by atoms with E-state index in [4.69, 9.17) is 11.6 Å². The fraction of sp³-hybridized carbons (Fsp3) is 0.200. The normalized spacial score (nSPS) is 15.9. The largest absolute Gasteiger partial charge is 0.364 e. The number of rotatable bonds is 5. The summed E-state index contributed by atoms with van der Waals surface area (Å²) in [6.07, 6.45) is 3.50. The van der Waals surface area contributed by atoms with Gasteiger partial charge in [0.1, 0.15) is 17.3 Å². The highest BCUT2D eigenvalue weighted by atomic mass is 16.2. The van der Waals surface area contributed by atoms with E-state index >= 15 is 0 Å². The van der Waals surface area contributed by atoms with E-state index in [9.17, 15) is 9.59 Å². The number of nitrogens with one attached hydrogen (secondary N) is 2. The first-order valence-corrected chi connectivity index (χ1v) is 9.28. The molecule has 0 unspecified atom stereocenters. The molecule has 1 aliphatic rings. The summed E-state index contributed by atoms with van der Waals surface area (Å²) in [6.45, 7) is 0.874. The summed E-state index contributed by atoms with van der Waals surface area (Å²) in [5.41, 5.74) is 7.20. The van der Waals surface area contributed by atoms with Crippen molar-refractivity contribution in [1.29, 1.82) is 0 Å². The summed E-state index contributed by atoms with van der Waals surface area (Å²) in [6, 6.07) is 12.0. The predicted octanol–water partition coefficient (Wildman–Crippen LogP) is 1.43. The minimum Gasteiger partial charge on any atom is -0.364 e. The third-order valence-electron chi connectivity index (χ3n) is 4.87. The van der Waals surface area contributed by atoms with E-state index in [0.717, 1.165) is 19.4 Å². The lowest BCUT2D eigenvalue weighted by Crippen LogP contribution is -2.27. The van der Waals surface area contributed by atoms with E-state index in [1.807, 2.05) is 0 Å². The van der Waals surface area contributed by atoms with Crippen molar-refractivity contribution in [2.24, 2.45) is 5.73 Å². The molecule has 0 aliphatic carbocycles. The monoisotopic (exact) mass is 391 g/mol. The molecule has 3 aromatic rings. The lowest BCUT2D eigenvalue weighted by molar-refractivity contribution is 0.0991. The molecule has 6 N–H and O–H groups in total. The van der Waals surface area contributed by atoms with E-state index in [2.05, 4.69) is 20.6 Å². The van der Waals surface area contributed by atoms with Crippen molar-refractivity contribution in [3.63, 3.8) is 0 Å². The number of hydrogen-bond acceptors (Lipinski definition) is 6. The van der Waals surface area contributed by atoms with Gasteiger partial charge in [0.25, 0.3) is 11.8 Å². The molecule has 4 rings (SSSR count). The summed E-state index contributed by atoms with van der Waals surface area (Å²) in [5.74, 6) is 6.22. The van der Waals surface area contributed by atoms with Gasteiger partial charge in [0.15, 0.2) is 5.69 Å². The SMILES string of the molecule is NC(=O)c1c(-c2ccc(C(=O)Nc3ccccn3)cc2)nc([C@@H]2CCCN2)n1N. The number of anilines is 1. The minimum absolute atomic E-state index is 0.0183. The van der Waals surface area contributed by atoms with Crippen LogP contribution in [-0.2, 0) is 0 Å². The second-order valence-corrected chi connectivity index (χ2v) is 6.80. The molecule has 2 aromatic heterocycles. The molecule has 0 spiro atoms. The lowest BCUT2D eigenvalue weighted by Gasteiger charge is -2.09. The Bertz CT molecular complexity index is 1040. The molecule has 29 heavy (non-hydrogen) atoms. The maximum atomic E-state index is 12.4. The van der Waals surface area contributed by atoms with Gasteiger partial charge in [0.05, 0.1) is 6.04 Å². The number of carbonyl (C=O) groups is 2. The summed E-state index contributed by atoms with van der Waals surface area (Å²) >= 11 is 0. The van der Waals surface area contributed by atoms with Crippen LogP contribution >= 0.6 is 0 Å².